The first kappa shape index (κ1) is 23.8. The topological polar surface area (TPSA) is 48.0 Å². The number of ether oxygens (including phenoxy) is 3. The van der Waals surface area contributed by atoms with Crippen LogP contribution in [0.3, 0.4) is 0 Å². The third-order valence-corrected chi connectivity index (χ3v) is 6.35. The second kappa shape index (κ2) is 10.7. The van der Waals surface area contributed by atoms with Gasteiger partial charge in [-0.25, -0.2) is 0 Å². The van der Waals surface area contributed by atoms with Crippen LogP contribution in [0.2, 0.25) is 0 Å². The molecule has 4 rings (SSSR count). The molecular formula is C29H33NO4. The van der Waals surface area contributed by atoms with Gasteiger partial charge in [-0.05, 0) is 62.0 Å². The van der Waals surface area contributed by atoms with Crippen LogP contribution >= 0.6 is 0 Å². The first-order valence-corrected chi connectivity index (χ1v) is 11.8. The van der Waals surface area contributed by atoms with Crippen LogP contribution in [0.25, 0.3) is 0 Å². The standard InChI is InChI=1S/C29H33NO4/c1-5-24-28(31)25-19-23(33-26(17-18-30(2)3)20-9-7-6-8-10-20)15-16-27(25)34-29(24)21-11-13-22(32-4)14-12-21/h6-16,19,24,26,29H,5,17-18H2,1-4H3/t24-,26?,29-/m1/s1. The van der Waals surface area contributed by atoms with E-state index in [1.54, 1.807) is 7.11 Å². The van der Waals surface area contributed by atoms with E-state index in [0.717, 1.165) is 29.8 Å². The summed E-state index contributed by atoms with van der Waals surface area (Å²) in [5.74, 6) is 1.91. The average molecular weight is 460 g/mol. The van der Waals surface area contributed by atoms with Gasteiger partial charge in [0.05, 0.1) is 18.6 Å². The van der Waals surface area contributed by atoms with E-state index in [-0.39, 0.29) is 23.9 Å². The molecule has 1 aliphatic heterocycles. The highest BCUT2D eigenvalue weighted by molar-refractivity contribution is 6.02. The van der Waals surface area contributed by atoms with Gasteiger partial charge >= 0.3 is 0 Å². The summed E-state index contributed by atoms with van der Waals surface area (Å²) in [4.78, 5) is 15.7. The zero-order valence-corrected chi connectivity index (χ0v) is 20.4. The summed E-state index contributed by atoms with van der Waals surface area (Å²) in [7, 11) is 5.76. The second-order valence-corrected chi connectivity index (χ2v) is 8.96. The van der Waals surface area contributed by atoms with E-state index in [4.69, 9.17) is 14.2 Å². The number of nitrogens with zero attached hydrogens (tertiary/aromatic N) is 1. The molecule has 178 valence electrons. The molecule has 3 atom stereocenters. The fourth-order valence-electron chi connectivity index (χ4n) is 4.43. The maximum Gasteiger partial charge on any atom is 0.173 e. The Morgan fingerprint density at radius 2 is 1.68 bits per heavy atom. The van der Waals surface area contributed by atoms with Crippen LogP contribution in [0.4, 0.5) is 0 Å². The van der Waals surface area contributed by atoms with Gasteiger partial charge in [0.15, 0.2) is 5.78 Å². The molecular weight excluding hydrogens is 426 g/mol. The molecule has 0 fully saturated rings. The predicted molar refractivity (Wildman–Crippen MR) is 134 cm³/mol. The Morgan fingerprint density at radius 1 is 0.971 bits per heavy atom. The summed E-state index contributed by atoms with van der Waals surface area (Å²) in [6.45, 7) is 2.93. The van der Waals surface area contributed by atoms with E-state index in [1.807, 2.05) is 67.6 Å². The number of Topliss-reactive ketones (excluding diaryl/α,β-unsaturated/α-hetero) is 1. The van der Waals surface area contributed by atoms with E-state index >= 15 is 0 Å². The third-order valence-electron chi connectivity index (χ3n) is 6.35. The van der Waals surface area contributed by atoms with Gasteiger partial charge in [0.25, 0.3) is 0 Å². The molecule has 0 radical (unpaired) electrons. The number of rotatable bonds is 9. The van der Waals surface area contributed by atoms with Crippen molar-refractivity contribution in [3.63, 3.8) is 0 Å². The van der Waals surface area contributed by atoms with Crippen molar-refractivity contribution >= 4 is 5.78 Å². The van der Waals surface area contributed by atoms with Gasteiger partial charge in [0.1, 0.15) is 29.5 Å². The minimum Gasteiger partial charge on any atom is -0.497 e. The Labute approximate surface area is 202 Å². The molecule has 1 heterocycles. The smallest absolute Gasteiger partial charge is 0.173 e. The van der Waals surface area contributed by atoms with Crippen LogP contribution < -0.4 is 14.2 Å². The van der Waals surface area contributed by atoms with Gasteiger partial charge in [-0.3, -0.25) is 4.79 Å². The highest BCUT2D eigenvalue weighted by Crippen LogP contribution is 2.42. The molecule has 0 amide bonds. The van der Waals surface area contributed by atoms with Crippen molar-refractivity contribution < 1.29 is 19.0 Å². The Kier molecular flexibility index (Phi) is 7.53. The van der Waals surface area contributed by atoms with Crippen molar-refractivity contribution in [3.8, 4) is 17.2 Å². The van der Waals surface area contributed by atoms with E-state index in [0.29, 0.717) is 23.5 Å². The number of hydrogen-bond acceptors (Lipinski definition) is 5. The fraction of sp³-hybridized carbons (Fsp3) is 0.345. The quantitative estimate of drug-likeness (QED) is 0.386. The molecule has 0 saturated heterocycles. The van der Waals surface area contributed by atoms with Gasteiger partial charge in [-0.2, -0.15) is 0 Å². The molecule has 0 bridgehead atoms. The van der Waals surface area contributed by atoms with Gasteiger partial charge in [0, 0.05) is 13.0 Å². The average Bonchev–Trinajstić information content (AvgIpc) is 2.87. The molecule has 1 aliphatic rings. The van der Waals surface area contributed by atoms with Crippen LogP contribution in [0.1, 0.15) is 53.5 Å². The first-order valence-electron chi connectivity index (χ1n) is 11.8. The van der Waals surface area contributed by atoms with Crippen LogP contribution in [0, 0.1) is 5.92 Å². The molecule has 0 aliphatic carbocycles. The van der Waals surface area contributed by atoms with Crippen LogP contribution in [-0.4, -0.2) is 38.4 Å². The largest absolute Gasteiger partial charge is 0.497 e. The molecule has 3 aromatic rings. The molecule has 1 unspecified atom stereocenters. The molecule has 0 saturated carbocycles. The van der Waals surface area contributed by atoms with Crippen molar-refractivity contribution in [2.75, 3.05) is 27.7 Å². The second-order valence-electron chi connectivity index (χ2n) is 8.96. The van der Waals surface area contributed by atoms with Crippen molar-refractivity contribution in [1.29, 1.82) is 0 Å². The van der Waals surface area contributed by atoms with Crippen LogP contribution in [0.5, 0.6) is 17.2 Å². The lowest BCUT2D eigenvalue weighted by molar-refractivity contribution is 0.0645. The minimum atomic E-state index is -0.320. The van der Waals surface area contributed by atoms with Gasteiger partial charge in [-0.1, -0.05) is 49.4 Å². The maximum absolute atomic E-state index is 13.5. The maximum atomic E-state index is 13.5. The minimum absolute atomic E-state index is 0.0968. The number of hydrogen-bond donors (Lipinski definition) is 0. The van der Waals surface area contributed by atoms with Crippen molar-refractivity contribution in [1.82, 2.24) is 4.90 Å². The van der Waals surface area contributed by atoms with E-state index in [2.05, 4.69) is 31.1 Å². The number of benzene rings is 3. The summed E-state index contributed by atoms with van der Waals surface area (Å²) in [6.07, 6.45) is 1.11. The summed E-state index contributed by atoms with van der Waals surface area (Å²) in [6, 6.07) is 23.6. The molecule has 0 aromatic heterocycles. The van der Waals surface area contributed by atoms with Crippen LogP contribution in [-0.2, 0) is 0 Å². The Balaban J connectivity index is 1.59. The summed E-state index contributed by atoms with van der Waals surface area (Å²) >= 11 is 0. The van der Waals surface area contributed by atoms with E-state index < -0.39 is 0 Å². The Morgan fingerprint density at radius 3 is 2.32 bits per heavy atom. The zero-order valence-electron chi connectivity index (χ0n) is 20.4. The highest BCUT2D eigenvalue weighted by atomic mass is 16.5. The monoisotopic (exact) mass is 459 g/mol. The third kappa shape index (κ3) is 5.26. The van der Waals surface area contributed by atoms with Crippen molar-refractivity contribution in [2.45, 2.75) is 32.0 Å². The Hall–Kier alpha value is -3.31. The number of ketones is 1. The molecule has 3 aromatic carbocycles. The summed E-state index contributed by atoms with van der Waals surface area (Å²) in [5.41, 5.74) is 2.68. The summed E-state index contributed by atoms with van der Waals surface area (Å²) < 4.78 is 18.1. The van der Waals surface area contributed by atoms with E-state index in [9.17, 15) is 4.79 Å². The van der Waals surface area contributed by atoms with Crippen LogP contribution in [0.15, 0.2) is 72.8 Å². The van der Waals surface area contributed by atoms with Gasteiger partial charge in [0.2, 0.25) is 0 Å². The SMILES string of the molecule is CC[C@@H]1C(=O)c2cc(OC(CCN(C)C)c3ccccc3)ccc2O[C@@H]1c1ccc(OC)cc1. The van der Waals surface area contributed by atoms with Crippen molar-refractivity contribution in [2.24, 2.45) is 5.92 Å². The first-order chi connectivity index (χ1) is 16.5. The fourth-order valence-corrected chi connectivity index (χ4v) is 4.43. The van der Waals surface area contributed by atoms with Crippen molar-refractivity contribution in [3.05, 3.63) is 89.5 Å². The lowest BCUT2D eigenvalue weighted by Crippen LogP contribution is -2.31. The molecule has 0 N–H and O–H groups in total. The highest BCUT2D eigenvalue weighted by Gasteiger charge is 2.37. The summed E-state index contributed by atoms with van der Waals surface area (Å²) in [5, 5.41) is 0. The van der Waals surface area contributed by atoms with E-state index in [1.165, 1.54) is 0 Å². The zero-order chi connectivity index (χ0) is 24.1. The molecule has 5 nitrogen and oxygen atoms in total. The molecule has 5 heteroatoms. The van der Waals surface area contributed by atoms with Gasteiger partial charge < -0.3 is 19.1 Å². The Bertz CT molecular complexity index is 1090. The number of fused-ring (bicyclic) bond motifs is 1. The van der Waals surface area contributed by atoms with Gasteiger partial charge in [-0.15, -0.1) is 0 Å². The number of methoxy groups -OCH3 is 1. The molecule has 0 spiro atoms. The predicted octanol–water partition coefficient (Wildman–Crippen LogP) is 6.11. The lowest BCUT2D eigenvalue weighted by Gasteiger charge is -2.33. The normalized spacial score (nSPS) is 18.2. The number of carbonyl (C=O) groups excluding carboxylic acids is 1. The molecule has 34 heavy (non-hydrogen) atoms. The number of carbonyl (C=O) groups is 1. The lowest BCUT2D eigenvalue weighted by atomic mass is 9.84.